The van der Waals surface area contributed by atoms with Crippen LogP contribution in [0.3, 0.4) is 0 Å². The Labute approximate surface area is 136 Å². The van der Waals surface area contributed by atoms with Gasteiger partial charge in [0.05, 0.1) is 0 Å². The van der Waals surface area contributed by atoms with E-state index >= 15 is 0 Å². The molecule has 1 aliphatic heterocycles. The molecule has 0 spiro atoms. The molecule has 2 aromatic rings. The molecule has 0 aromatic heterocycles. The van der Waals surface area contributed by atoms with Crippen molar-refractivity contribution in [2.75, 3.05) is 18.0 Å². The zero-order valence-corrected chi connectivity index (χ0v) is 14.6. The summed E-state index contributed by atoms with van der Waals surface area (Å²) in [4.78, 5) is 2.57. The van der Waals surface area contributed by atoms with Crippen LogP contribution in [0.25, 0.3) is 10.8 Å². The van der Waals surface area contributed by atoms with Crippen molar-refractivity contribution in [3.05, 3.63) is 40.9 Å². The third kappa shape index (κ3) is 2.70. The summed E-state index contributed by atoms with van der Waals surface area (Å²) in [5.74, 6) is 0. The Bertz CT molecular complexity index is 620. The molecule has 0 radical (unpaired) electrons. The van der Waals surface area contributed by atoms with Gasteiger partial charge in [-0.15, -0.1) is 0 Å². The maximum absolute atomic E-state index is 3.67. The Morgan fingerprint density at radius 1 is 0.952 bits per heavy atom. The Morgan fingerprint density at radius 2 is 1.57 bits per heavy atom. The molecule has 2 heteroatoms. The van der Waals surface area contributed by atoms with Crippen LogP contribution in [0.15, 0.2) is 40.9 Å². The summed E-state index contributed by atoms with van der Waals surface area (Å²) in [6.45, 7) is 7.07. The normalized spacial score (nSPS) is 17.0. The van der Waals surface area contributed by atoms with Crippen molar-refractivity contribution in [3.63, 3.8) is 0 Å². The second kappa shape index (κ2) is 6.00. The van der Waals surface area contributed by atoms with Gasteiger partial charge in [0.15, 0.2) is 0 Å². The quantitative estimate of drug-likeness (QED) is 0.641. The number of hydrogen-bond acceptors (Lipinski definition) is 1. The zero-order valence-electron chi connectivity index (χ0n) is 13.0. The molecule has 0 atom stereocenters. The topological polar surface area (TPSA) is 3.24 Å². The van der Waals surface area contributed by atoms with Gasteiger partial charge in [0.25, 0.3) is 0 Å². The predicted octanol–water partition coefficient (Wildman–Crippen LogP) is 6.01. The van der Waals surface area contributed by atoms with Crippen LogP contribution >= 0.6 is 15.9 Å². The second-order valence-electron chi connectivity index (χ2n) is 6.47. The molecule has 0 amide bonds. The summed E-state index contributed by atoms with van der Waals surface area (Å²) in [6, 6.07) is 13.2. The molecule has 1 aliphatic rings. The molecule has 2 aromatic carbocycles. The minimum Gasteiger partial charge on any atom is -0.370 e. The smallest absolute Gasteiger partial charge is 0.0447 e. The first-order valence-corrected chi connectivity index (χ1v) is 8.90. The molecule has 0 aliphatic carbocycles. The van der Waals surface area contributed by atoms with Crippen molar-refractivity contribution in [2.24, 2.45) is 5.41 Å². The summed E-state index contributed by atoms with van der Waals surface area (Å²) in [6.07, 6.45) is 5.33. The van der Waals surface area contributed by atoms with Crippen LogP contribution in [0.5, 0.6) is 0 Å². The standard InChI is InChI=1S/C19H24BrN/c1-3-11-19(12-4-2)13-21(14-19)18-10-9-17(20)15-7-5-6-8-16(15)18/h5-10H,3-4,11-14H2,1-2H3. The predicted molar refractivity (Wildman–Crippen MR) is 96.1 cm³/mol. The van der Waals surface area contributed by atoms with Crippen LogP contribution in [0.4, 0.5) is 5.69 Å². The number of halogens is 1. The summed E-state index contributed by atoms with van der Waals surface area (Å²) in [5.41, 5.74) is 1.97. The van der Waals surface area contributed by atoms with Gasteiger partial charge in [0, 0.05) is 34.1 Å². The average Bonchev–Trinajstić information content (AvgIpc) is 2.46. The molecule has 1 heterocycles. The lowest BCUT2D eigenvalue weighted by Crippen LogP contribution is -2.56. The number of fused-ring (bicyclic) bond motifs is 1. The van der Waals surface area contributed by atoms with E-state index in [4.69, 9.17) is 0 Å². The van der Waals surface area contributed by atoms with Gasteiger partial charge >= 0.3 is 0 Å². The van der Waals surface area contributed by atoms with E-state index in [2.05, 4.69) is 71.1 Å². The molecule has 21 heavy (non-hydrogen) atoms. The molecule has 0 unspecified atom stereocenters. The van der Waals surface area contributed by atoms with Crippen LogP contribution < -0.4 is 4.90 Å². The van der Waals surface area contributed by atoms with Crippen molar-refractivity contribution in [3.8, 4) is 0 Å². The molecular formula is C19H24BrN. The highest BCUT2D eigenvalue weighted by molar-refractivity contribution is 9.10. The third-order valence-corrected chi connectivity index (χ3v) is 5.49. The highest BCUT2D eigenvalue weighted by Crippen LogP contribution is 2.44. The molecule has 0 bridgehead atoms. The Kier molecular flexibility index (Phi) is 4.26. The van der Waals surface area contributed by atoms with E-state index in [1.165, 1.54) is 59.7 Å². The summed E-state index contributed by atoms with van der Waals surface area (Å²) in [7, 11) is 0. The van der Waals surface area contributed by atoms with Crippen molar-refractivity contribution in [1.29, 1.82) is 0 Å². The Hall–Kier alpha value is -1.02. The maximum Gasteiger partial charge on any atom is 0.0447 e. The summed E-state index contributed by atoms with van der Waals surface area (Å²) in [5, 5.41) is 2.69. The minimum atomic E-state index is 0.567. The van der Waals surface area contributed by atoms with Crippen LogP contribution in [0.1, 0.15) is 39.5 Å². The largest absolute Gasteiger partial charge is 0.370 e. The fourth-order valence-corrected chi connectivity index (χ4v) is 4.44. The monoisotopic (exact) mass is 345 g/mol. The molecule has 0 N–H and O–H groups in total. The lowest BCUT2D eigenvalue weighted by atomic mass is 9.72. The lowest BCUT2D eigenvalue weighted by molar-refractivity contribution is 0.173. The van der Waals surface area contributed by atoms with Crippen LogP contribution in [0, 0.1) is 5.41 Å². The van der Waals surface area contributed by atoms with Gasteiger partial charge in [0.2, 0.25) is 0 Å². The number of hydrogen-bond donors (Lipinski definition) is 0. The molecule has 1 nitrogen and oxygen atoms in total. The highest BCUT2D eigenvalue weighted by Gasteiger charge is 2.41. The van der Waals surface area contributed by atoms with Crippen molar-refractivity contribution < 1.29 is 0 Å². The van der Waals surface area contributed by atoms with Crippen molar-refractivity contribution in [2.45, 2.75) is 39.5 Å². The number of benzene rings is 2. The second-order valence-corrected chi connectivity index (χ2v) is 7.32. The van der Waals surface area contributed by atoms with E-state index in [9.17, 15) is 0 Å². The number of rotatable bonds is 5. The number of anilines is 1. The summed E-state index contributed by atoms with van der Waals surface area (Å²) < 4.78 is 1.19. The molecule has 1 saturated heterocycles. The SMILES string of the molecule is CCCC1(CCC)CN(c2ccc(Br)c3ccccc23)C1. The molecular weight excluding hydrogens is 322 g/mol. The van der Waals surface area contributed by atoms with E-state index in [1.807, 2.05) is 0 Å². The van der Waals surface area contributed by atoms with Crippen LogP contribution in [0.2, 0.25) is 0 Å². The Balaban J connectivity index is 1.89. The van der Waals surface area contributed by atoms with E-state index in [0.29, 0.717) is 5.41 Å². The van der Waals surface area contributed by atoms with Crippen LogP contribution in [-0.2, 0) is 0 Å². The first kappa shape index (κ1) is 14.9. The van der Waals surface area contributed by atoms with Crippen molar-refractivity contribution >= 4 is 32.4 Å². The first-order chi connectivity index (χ1) is 10.2. The van der Waals surface area contributed by atoms with E-state index < -0.39 is 0 Å². The number of nitrogens with zero attached hydrogens (tertiary/aromatic N) is 1. The minimum absolute atomic E-state index is 0.567. The molecule has 112 valence electrons. The van der Waals surface area contributed by atoms with E-state index in [-0.39, 0.29) is 0 Å². The van der Waals surface area contributed by atoms with Gasteiger partial charge in [-0.05, 0) is 30.4 Å². The van der Waals surface area contributed by atoms with E-state index in [0.717, 1.165) is 0 Å². The van der Waals surface area contributed by atoms with Gasteiger partial charge in [-0.1, -0.05) is 66.9 Å². The molecule has 0 saturated carbocycles. The fourth-order valence-electron chi connectivity index (χ4n) is 3.96. The third-order valence-electron chi connectivity index (χ3n) is 4.80. The molecule has 3 rings (SSSR count). The van der Waals surface area contributed by atoms with Gasteiger partial charge in [-0.25, -0.2) is 0 Å². The summed E-state index contributed by atoms with van der Waals surface area (Å²) >= 11 is 3.67. The maximum atomic E-state index is 3.67. The van der Waals surface area contributed by atoms with E-state index in [1.54, 1.807) is 0 Å². The van der Waals surface area contributed by atoms with Gasteiger partial charge in [-0.2, -0.15) is 0 Å². The van der Waals surface area contributed by atoms with Crippen LogP contribution in [-0.4, -0.2) is 13.1 Å². The Morgan fingerprint density at radius 3 is 2.19 bits per heavy atom. The highest BCUT2D eigenvalue weighted by atomic mass is 79.9. The fraction of sp³-hybridized carbons (Fsp3) is 0.474. The van der Waals surface area contributed by atoms with Gasteiger partial charge in [0.1, 0.15) is 0 Å². The first-order valence-electron chi connectivity index (χ1n) is 8.11. The average molecular weight is 346 g/mol. The van der Waals surface area contributed by atoms with Gasteiger partial charge in [-0.3, -0.25) is 0 Å². The lowest BCUT2D eigenvalue weighted by Gasteiger charge is -2.52. The van der Waals surface area contributed by atoms with Gasteiger partial charge < -0.3 is 4.90 Å². The molecule has 1 fully saturated rings. The van der Waals surface area contributed by atoms with Crippen molar-refractivity contribution in [1.82, 2.24) is 0 Å². The zero-order chi connectivity index (χ0) is 14.9.